The van der Waals surface area contributed by atoms with Crippen molar-refractivity contribution in [1.82, 2.24) is 24.5 Å². The summed E-state index contributed by atoms with van der Waals surface area (Å²) in [4.78, 5) is 21.9. The van der Waals surface area contributed by atoms with E-state index in [0.29, 0.717) is 30.4 Å². The molecule has 34 heavy (non-hydrogen) atoms. The summed E-state index contributed by atoms with van der Waals surface area (Å²) in [5, 5.41) is 10.5. The maximum absolute atomic E-state index is 12.9. The molecule has 5 aromatic rings. The first-order chi connectivity index (χ1) is 16.6. The molecular formula is C25H21ClN6O2. The first kappa shape index (κ1) is 20.7. The Balaban J connectivity index is 1.45. The molecule has 8 nitrogen and oxygen atoms in total. The van der Waals surface area contributed by atoms with Gasteiger partial charge in [0.15, 0.2) is 17.2 Å². The molecule has 2 aromatic carbocycles. The molecule has 1 saturated heterocycles. The Morgan fingerprint density at radius 2 is 1.91 bits per heavy atom. The van der Waals surface area contributed by atoms with Crippen LogP contribution >= 0.6 is 11.6 Å². The second-order valence-electron chi connectivity index (χ2n) is 8.39. The molecule has 1 aliphatic heterocycles. The molecule has 170 valence electrons. The van der Waals surface area contributed by atoms with Crippen molar-refractivity contribution in [3.63, 3.8) is 0 Å². The van der Waals surface area contributed by atoms with Crippen LogP contribution in [-0.2, 0) is 0 Å². The standard InChI is InChI=1S/C25H21ClN6O2/c1-16-15-30(11-12-31(16)24(33)21-8-5-13-34-21)25-27-20-14-18(26)9-10-19(20)23-29-28-22(32(23)25)17-6-3-2-4-7-17/h2-10,13-14,16H,11-12,15H2,1H3. The number of piperazine rings is 1. The molecule has 0 radical (unpaired) electrons. The van der Waals surface area contributed by atoms with Crippen LogP contribution in [0, 0.1) is 0 Å². The minimum atomic E-state index is -0.102. The summed E-state index contributed by atoms with van der Waals surface area (Å²) in [5.74, 6) is 1.70. The molecule has 1 fully saturated rings. The third kappa shape index (κ3) is 3.38. The summed E-state index contributed by atoms with van der Waals surface area (Å²) in [6.45, 7) is 3.79. The molecule has 1 aliphatic rings. The maximum atomic E-state index is 12.9. The SMILES string of the molecule is CC1CN(c2nc3cc(Cl)ccc3c3nnc(-c4ccccc4)n23)CCN1C(=O)c1ccco1. The minimum Gasteiger partial charge on any atom is -0.459 e. The lowest BCUT2D eigenvalue weighted by atomic mass is 10.1. The maximum Gasteiger partial charge on any atom is 0.289 e. The van der Waals surface area contributed by atoms with Crippen molar-refractivity contribution in [2.45, 2.75) is 13.0 Å². The van der Waals surface area contributed by atoms with E-state index < -0.39 is 0 Å². The minimum absolute atomic E-state index is 0.0464. The number of amides is 1. The van der Waals surface area contributed by atoms with Crippen molar-refractivity contribution in [2.24, 2.45) is 0 Å². The Morgan fingerprint density at radius 3 is 2.68 bits per heavy atom. The van der Waals surface area contributed by atoms with Gasteiger partial charge in [0.25, 0.3) is 5.91 Å². The number of carbonyl (C=O) groups is 1. The number of hydrogen-bond donors (Lipinski definition) is 0. The predicted octanol–water partition coefficient (Wildman–Crippen LogP) is 4.54. The third-order valence-corrected chi connectivity index (χ3v) is 6.45. The van der Waals surface area contributed by atoms with Crippen LogP contribution in [0.1, 0.15) is 17.5 Å². The molecule has 0 aliphatic carbocycles. The number of furan rings is 1. The van der Waals surface area contributed by atoms with Crippen molar-refractivity contribution >= 4 is 40.0 Å². The summed E-state index contributed by atoms with van der Waals surface area (Å²) < 4.78 is 7.33. The van der Waals surface area contributed by atoms with Gasteiger partial charge in [-0.3, -0.25) is 4.79 Å². The number of nitrogens with zero attached hydrogens (tertiary/aromatic N) is 6. The summed E-state index contributed by atoms with van der Waals surface area (Å²) in [5.41, 5.74) is 2.42. The largest absolute Gasteiger partial charge is 0.459 e. The molecule has 4 heterocycles. The summed E-state index contributed by atoms with van der Waals surface area (Å²) in [6.07, 6.45) is 1.52. The topological polar surface area (TPSA) is 79.8 Å². The van der Waals surface area contributed by atoms with Gasteiger partial charge in [-0.15, -0.1) is 10.2 Å². The van der Waals surface area contributed by atoms with E-state index >= 15 is 0 Å². The van der Waals surface area contributed by atoms with Crippen molar-refractivity contribution in [3.05, 3.63) is 77.7 Å². The molecule has 3 aromatic heterocycles. The highest BCUT2D eigenvalue weighted by atomic mass is 35.5. The summed E-state index contributed by atoms with van der Waals surface area (Å²) in [6, 6.07) is 18.9. The van der Waals surface area contributed by atoms with Crippen LogP contribution in [0.2, 0.25) is 5.02 Å². The zero-order chi connectivity index (χ0) is 23.2. The quantitative estimate of drug-likeness (QED) is 0.383. The van der Waals surface area contributed by atoms with Crippen molar-refractivity contribution < 1.29 is 9.21 Å². The number of carbonyl (C=O) groups excluding carboxylic acids is 1. The van der Waals surface area contributed by atoms with Crippen molar-refractivity contribution in [2.75, 3.05) is 24.5 Å². The molecule has 9 heteroatoms. The van der Waals surface area contributed by atoms with Gasteiger partial charge in [-0.1, -0.05) is 41.9 Å². The van der Waals surface area contributed by atoms with Gasteiger partial charge in [0.2, 0.25) is 5.95 Å². The molecule has 1 unspecified atom stereocenters. The van der Waals surface area contributed by atoms with Gasteiger partial charge in [0.1, 0.15) is 0 Å². The lowest BCUT2D eigenvalue weighted by Gasteiger charge is -2.40. The Hall–Kier alpha value is -3.91. The first-order valence-electron chi connectivity index (χ1n) is 11.1. The Kier molecular flexibility index (Phi) is 4.95. The monoisotopic (exact) mass is 472 g/mol. The van der Waals surface area contributed by atoms with Crippen LogP contribution in [0.5, 0.6) is 0 Å². The zero-order valence-electron chi connectivity index (χ0n) is 18.4. The van der Waals surface area contributed by atoms with Gasteiger partial charge < -0.3 is 14.2 Å². The number of hydrogen-bond acceptors (Lipinski definition) is 6. The van der Waals surface area contributed by atoms with Crippen LogP contribution in [0.25, 0.3) is 27.9 Å². The number of halogens is 1. The molecule has 0 spiro atoms. The van der Waals surface area contributed by atoms with Crippen LogP contribution < -0.4 is 4.90 Å². The highest BCUT2D eigenvalue weighted by molar-refractivity contribution is 6.31. The highest BCUT2D eigenvalue weighted by Gasteiger charge is 2.31. The number of rotatable bonds is 3. The Labute approximate surface area is 200 Å². The molecule has 0 bridgehead atoms. The van der Waals surface area contributed by atoms with Gasteiger partial charge >= 0.3 is 0 Å². The highest BCUT2D eigenvalue weighted by Crippen LogP contribution is 2.31. The van der Waals surface area contributed by atoms with E-state index in [0.717, 1.165) is 33.9 Å². The predicted molar refractivity (Wildman–Crippen MR) is 130 cm³/mol. The molecule has 1 atom stereocenters. The molecule has 0 N–H and O–H groups in total. The van der Waals surface area contributed by atoms with Gasteiger partial charge in [-0.2, -0.15) is 0 Å². The van der Waals surface area contributed by atoms with Crippen LogP contribution in [-0.4, -0.2) is 56.1 Å². The van der Waals surface area contributed by atoms with Gasteiger partial charge in [0, 0.05) is 41.6 Å². The number of anilines is 1. The Morgan fingerprint density at radius 1 is 1.06 bits per heavy atom. The van der Waals surface area contributed by atoms with E-state index in [4.69, 9.17) is 21.0 Å². The third-order valence-electron chi connectivity index (χ3n) is 6.22. The summed E-state index contributed by atoms with van der Waals surface area (Å²) in [7, 11) is 0. The summed E-state index contributed by atoms with van der Waals surface area (Å²) >= 11 is 6.29. The molecule has 6 rings (SSSR count). The van der Waals surface area contributed by atoms with E-state index in [1.165, 1.54) is 6.26 Å². The van der Waals surface area contributed by atoms with Crippen molar-refractivity contribution in [3.8, 4) is 11.4 Å². The van der Waals surface area contributed by atoms with E-state index in [9.17, 15) is 4.79 Å². The smallest absolute Gasteiger partial charge is 0.289 e. The van der Waals surface area contributed by atoms with Crippen molar-refractivity contribution in [1.29, 1.82) is 0 Å². The second-order valence-corrected chi connectivity index (χ2v) is 8.83. The lowest BCUT2D eigenvalue weighted by Crippen LogP contribution is -2.54. The molecular weight excluding hydrogens is 452 g/mol. The van der Waals surface area contributed by atoms with Gasteiger partial charge in [0.05, 0.1) is 11.8 Å². The fraction of sp³-hybridized carbons (Fsp3) is 0.200. The zero-order valence-corrected chi connectivity index (χ0v) is 19.2. The van der Waals surface area contributed by atoms with Gasteiger partial charge in [-0.05, 0) is 37.3 Å². The van der Waals surface area contributed by atoms with E-state index in [2.05, 4.69) is 15.1 Å². The number of benzene rings is 2. The Bertz CT molecular complexity index is 1500. The second kappa shape index (κ2) is 8.14. The molecule has 1 amide bonds. The number of fused-ring (bicyclic) bond motifs is 3. The van der Waals surface area contributed by atoms with Crippen LogP contribution in [0.15, 0.2) is 71.3 Å². The molecule has 0 saturated carbocycles. The average molecular weight is 473 g/mol. The van der Waals surface area contributed by atoms with E-state index in [1.807, 2.05) is 64.8 Å². The first-order valence-corrected chi connectivity index (χ1v) is 11.5. The van der Waals surface area contributed by atoms with Crippen LogP contribution in [0.4, 0.5) is 5.95 Å². The normalized spacial score (nSPS) is 16.5. The fourth-order valence-electron chi connectivity index (χ4n) is 4.56. The van der Waals surface area contributed by atoms with E-state index in [1.54, 1.807) is 12.1 Å². The number of aromatic nitrogens is 4. The average Bonchev–Trinajstić information content (AvgIpc) is 3.54. The fourth-order valence-corrected chi connectivity index (χ4v) is 4.73. The van der Waals surface area contributed by atoms with E-state index in [-0.39, 0.29) is 11.9 Å². The van der Waals surface area contributed by atoms with Gasteiger partial charge in [-0.25, -0.2) is 9.38 Å². The van der Waals surface area contributed by atoms with Crippen LogP contribution in [0.3, 0.4) is 0 Å². The lowest BCUT2D eigenvalue weighted by molar-refractivity contribution is 0.0640.